The molecule has 1 aliphatic heterocycles. The lowest BCUT2D eigenvalue weighted by Crippen LogP contribution is -2.35. The molecule has 128 valence electrons. The summed E-state index contributed by atoms with van der Waals surface area (Å²) in [5.74, 6) is -0.265. The van der Waals surface area contributed by atoms with Gasteiger partial charge in [-0.2, -0.15) is 0 Å². The van der Waals surface area contributed by atoms with Crippen LogP contribution in [-0.2, 0) is 19.5 Å². The van der Waals surface area contributed by atoms with E-state index in [1.807, 2.05) is 23.6 Å². The molecule has 0 saturated heterocycles. The Kier molecular flexibility index (Phi) is 4.24. The Balaban J connectivity index is 1.55. The van der Waals surface area contributed by atoms with E-state index in [0.717, 1.165) is 28.4 Å². The molecule has 3 aromatic heterocycles. The van der Waals surface area contributed by atoms with Crippen molar-refractivity contribution >= 4 is 28.6 Å². The molecule has 8 heteroatoms. The van der Waals surface area contributed by atoms with E-state index in [-0.39, 0.29) is 5.56 Å². The minimum atomic E-state index is -0.901. The molecule has 1 aliphatic rings. The number of H-pyrrole nitrogens is 1. The van der Waals surface area contributed by atoms with Crippen LogP contribution < -0.4 is 5.56 Å². The Morgan fingerprint density at radius 3 is 2.96 bits per heavy atom. The fraction of sp³-hybridized carbons (Fsp3) is 0.235. The molecule has 4 heterocycles. The van der Waals surface area contributed by atoms with E-state index in [2.05, 4.69) is 14.9 Å². The maximum Gasteiger partial charge on any atom is 0.345 e. The third kappa shape index (κ3) is 3.28. The number of aromatic nitrogens is 2. The summed E-state index contributed by atoms with van der Waals surface area (Å²) in [6, 6.07) is 7.35. The van der Waals surface area contributed by atoms with Crippen LogP contribution in [0, 0.1) is 0 Å². The quantitative estimate of drug-likeness (QED) is 0.734. The Hall–Kier alpha value is -2.29. The average molecular weight is 373 g/mol. The zero-order chi connectivity index (χ0) is 17.4. The highest BCUT2D eigenvalue weighted by Crippen LogP contribution is 2.24. The summed E-state index contributed by atoms with van der Waals surface area (Å²) in [5, 5.41) is 11.0. The summed E-state index contributed by atoms with van der Waals surface area (Å²) in [7, 11) is 0. The summed E-state index contributed by atoms with van der Waals surface area (Å²) in [6.45, 7) is 1.97. The molecule has 0 unspecified atom stereocenters. The third-order valence-corrected chi connectivity index (χ3v) is 6.09. The first-order chi connectivity index (χ1) is 12.1. The molecule has 0 atom stereocenters. The molecule has 0 saturated carbocycles. The minimum absolute atomic E-state index is 0.0875. The Labute approximate surface area is 151 Å². The molecule has 6 nitrogen and oxygen atoms in total. The van der Waals surface area contributed by atoms with Gasteiger partial charge in [0.15, 0.2) is 5.82 Å². The van der Waals surface area contributed by atoms with Crippen molar-refractivity contribution in [2.75, 3.05) is 6.54 Å². The lowest BCUT2D eigenvalue weighted by Gasteiger charge is -2.27. The molecule has 0 amide bonds. The summed E-state index contributed by atoms with van der Waals surface area (Å²) in [5.41, 5.74) is 1.48. The van der Waals surface area contributed by atoms with Crippen molar-refractivity contribution in [1.82, 2.24) is 14.9 Å². The van der Waals surface area contributed by atoms with Crippen LogP contribution in [0.5, 0.6) is 0 Å². The second-order valence-corrected chi connectivity index (χ2v) is 7.96. The number of nitrogens with zero attached hydrogens (tertiary/aromatic N) is 2. The Morgan fingerprint density at radius 2 is 2.24 bits per heavy atom. The van der Waals surface area contributed by atoms with E-state index in [0.29, 0.717) is 29.4 Å². The number of carbonyl (C=O) groups is 1. The van der Waals surface area contributed by atoms with Crippen molar-refractivity contribution in [2.45, 2.75) is 19.5 Å². The number of carboxylic acids is 1. The Bertz CT molecular complexity index is 975. The van der Waals surface area contributed by atoms with Crippen molar-refractivity contribution in [3.63, 3.8) is 0 Å². The second-order valence-electron chi connectivity index (χ2n) is 5.85. The molecule has 0 aliphatic carbocycles. The van der Waals surface area contributed by atoms with E-state index in [1.165, 1.54) is 11.3 Å². The number of hydrogen-bond acceptors (Lipinski definition) is 6. The van der Waals surface area contributed by atoms with Gasteiger partial charge in [0.2, 0.25) is 0 Å². The van der Waals surface area contributed by atoms with Gasteiger partial charge in [0.05, 0.1) is 16.1 Å². The predicted molar refractivity (Wildman–Crippen MR) is 97.3 cm³/mol. The van der Waals surface area contributed by atoms with E-state index < -0.39 is 5.97 Å². The fourth-order valence-electron chi connectivity index (χ4n) is 2.94. The van der Waals surface area contributed by atoms with Gasteiger partial charge in [-0.05, 0) is 23.6 Å². The normalized spacial score (nSPS) is 14.4. The minimum Gasteiger partial charge on any atom is -0.477 e. The molecule has 25 heavy (non-hydrogen) atoms. The number of thiophene rings is 2. The summed E-state index contributed by atoms with van der Waals surface area (Å²) >= 11 is 2.83. The van der Waals surface area contributed by atoms with Crippen LogP contribution >= 0.6 is 22.7 Å². The number of aromatic amines is 1. The topological polar surface area (TPSA) is 86.3 Å². The van der Waals surface area contributed by atoms with Gasteiger partial charge < -0.3 is 10.1 Å². The number of carboxylic acid groups (broad SMARTS) is 1. The number of rotatable bonds is 4. The maximum absolute atomic E-state index is 12.5. The lowest BCUT2D eigenvalue weighted by atomic mass is 10.1. The van der Waals surface area contributed by atoms with E-state index in [4.69, 9.17) is 5.11 Å². The molecule has 2 N–H and O–H groups in total. The molecule has 0 fully saturated rings. The Morgan fingerprint density at radius 1 is 1.36 bits per heavy atom. The first kappa shape index (κ1) is 16.2. The van der Waals surface area contributed by atoms with Crippen molar-refractivity contribution < 1.29 is 9.90 Å². The molecule has 4 rings (SSSR count). The molecule has 3 aromatic rings. The van der Waals surface area contributed by atoms with Crippen molar-refractivity contribution in [3.05, 3.63) is 61.0 Å². The fourth-order valence-corrected chi connectivity index (χ4v) is 4.50. The van der Waals surface area contributed by atoms with Crippen molar-refractivity contribution in [1.29, 1.82) is 0 Å². The highest BCUT2D eigenvalue weighted by atomic mass is 32.1. The van der Waals surface area contributed by atoms with Gasteiger partial charge in [-0.1, -0.05) is 6.07 Å². The van der Waals surface area contributed by atoms with Gasteiger partial charge in [0.1, 0.15) is 4.88 Å². The van der Waals surface area contributed by atoms with Gasteiger partial charge in [0, 0.05) is 30.9 Å². The SMILES string of the molecule is O=C(O)c1ccc(CN2CCc3nc(-c4cccs4)[nH]c(=O)c3C2)s1. The van der Waals surface area contributed by atoms with Crippen LogP contribution in [0.3, 0.4) is 0 Å². The largest absolute Gasteiger partial charge is 0.477 e. The zero-order valence-electron chi connectivity index (χ0n) is 13.2. The van der Waals surface area contributed by atoms with Crippen molar-refractivity contribution in [3.8, 4) is 10.7 Å². The molecule has 0 aromatic carbocycles. The highest BCUT2D eigenvalue weighted by molar-refractivity contribution is 7.14. The molecular weight excluding hydrogens is 358 g/mol. The number of nitrogens with one attached hydrogen (secondary N) is 1. The highest BCUT2D eigenvalue weighted by Gasteiger charge is 2.22. The first-order valence-electron chi connectivity index (χ1n) is 7.80. The standard InChI is InChI=1S/C17H15N3O3S2/c21-16-11-9-20(8-10-3-4-14(25-10)17(22)23)6-5-12(11)18-15(19-16)13-2-1-7-24-13/h1-4,7H,5-6,8-9H2,(H,22,23)(H,18,19,21). The summed E-state index contributed by atoms with van der Waals surface area (Å²) < 4.78 is 0. The van der Waals surface area contributed by atoms with Crippen LogP contribution in [0.1, 0.15) is 25.8 Å². The van der Waals surface area contributed by atoms with Crippen LogP contribution in [0.15, 0.2) is 34.4 Å². The van der Waals surface area contributed by atoms with Gasteiger partial charge in [-0.3, -0.25) is 9.69 Å². The van der Waals surface area contributed by atoms with Gasteiger partial charge >= 0.3 is 5.97 Å². The van der Waals surface area contributed by atoms with Crippen molar-refractivity contribution in [2.24, 2.45) is 0 Å². The van der Waals surface area contributed by atoms with Gasteiger partial charge in [-0.25, -0.2) is 9.78 Å². The van der Waals surface area contributed by atoms with Gasteiger partial charge in [0.25, 0.3) is 5.56 Å². The van der Waals surface area contributed by atoms with Crippen LogP contribution in [0.25, 0.3) is 10.7 Å². The van der Waals surface area contributed by atoms with E-state index in [1.54, 1.807) is 17.4 Å². The van der Waals surface area contributed by atoms with Gasteiger partial charge in [-0.15, -0.1) is 22.7 Å². The summed E-state index contributed by atoms with van der Waals surface area (Å²) in [4.78, 5) is 35.4. The zero-order valence-corrected chi connectivity index (χ0v) is 14.8. The number of hydrogen-bond donors (Lipinski definition) is 2. The first-order valence-corrected chi connectivity index (χ1v) is 9.50. The molecule has 0 bridgehead atoms. The van der Waals surface area contributed by atoms with Crippen LogP contribution in [0.2, 0.25) is 0 Å². The molecule has 0 spiro atoms. The van der Waals surface area contributed by atoms with Crippen LogP contribution in [0.4, 0.5) is 0 Å². The number of aromatic carboxylic acids is 1. The maximum atomic E-state index is 12.5. The van der Waals surface area contributed by atoms with Crippen LogP contribution in [-0.4, -0.2) is 32.5 Å². The summed E-state index contributed by atoms with van der Waals surface area (Å²) in [6.07, 6.45) is 0.717. The average Bonchev–Trinajstić information content (AvgIpc) is 3.27. The monoisotopic (exact) mass is 373 g/mol. The third-order valence-electron chi connectivity index (χ3n) is 4.15. The second kappa shape index (κ2) is 6.55. The van der Waals surface area contributed by atoms with E-state index >= 15 is 0 Å². The van der Waals surface area contributed by atoms with E-state index in [9.17, 15) is 9.59 Å². The molecular formula is C17H15N3O3S2. The lowest BCUT2D eigenvalue weighted by molar-refractivity contribution is 0.0702. The number of fused-ring (bicyclic) bond motifs is 1. The molecule has 0 radical (unpaired) electrons. The predicted octanol–water partition coefficient (Wildman–Crippen LogP) is 2.82. The smallest absolute Gasteiger partial charge is 0.345 e.